The van der Waals surface area contributed by atoms with Crippen LogP contribution in [0.2, 0.25) is 0 Å². The third-order valence-corrected chi connectivity index (χ3v) is 4.99. The van der Waals surface area contributed by atoms with E-state index in [0.29, 0.717) is 12.1 Å². The second-order valence-electron chi connectivity index (χ2n) is 4.55. The normalized spacial score (nSPS) is 11.4. The lowest BCUT2D eigenvalue weighted by Crippen LogP contribution is -2.19. The Bertz CT molecular complexity index is 748. The molecule has 1 aromatic carbocycles. The molecule has 0 saturated carbocycles. The van der Waals surface area contributed by atoms with Crippen LogP contribution in [0.3, 0.4) is 0 Å². The molecule has 2 rings (SSSR count). The van der Waals surface area contributed by atoms with E-state index >= 15 is 0 Å². The van der Waals surface area contributed by atoms with Gasteiger partial charge in [0.15, 0.2) is 0 Å². The monoisotopic (exact) mass is 369 g/mol. The van der Waals surface area contributed by atoms with Gasteiger partial charge in [-0.1, -0.05) is 6.07 Å². The Morgan fingerprint density at radius 2 is 2.00 bits per heavy atom. The van der Waals surface area contributed by atoms with Crippen LogP contribution in [0.4, 0.5) is 5.69 Å². The molecule has 0 amide bonds. The molecule has 5 nitrogen and oxygen atoms in total. The number of nitrogens with one attached hydrogen (secondary N) is 2. The summed E-state index contributed by atoms with van der Waals surface area (Å²) in [4.78, 5) is 4.37. The molecule has 0 fully saturated rings. The third-order valence-electron chi connectivity index (χ3n) is 3.00. The van der Waals surface area contributed by atoms with E-state index in [1.807, 2.05) is 12.1 Å². The van der Waals surface area contributed by atoms with E-state index < -0.39 is 10.0 Å². The molecule has 0 spiro atoms. The van der Waals surface area contributed by atoms with Crippen molar-refractivity contribution in [3.63, 3.8) is 0 Å². The van der Waals surface area contributed by atoms with Crippen LogP contribution >= 0.6 is 15.9 Å². The van der Waals surface area contributed by atoms with Crippen molar-refractivity contribution in [1.82, 2.24) is 9.71 Å². The molecule has 2 N–H and O–H groups in total. The third kappa shape index (κ3) is 4.03. The average Bonchev–Trinajstić information content (AvgIpc) is 2.46. The van der Waals surface area contributed by atoms with Crippen LogP contribution in [0.25, 0.3) is 0 Å². The molecule has 0 aliphatic rings. The Labute approximate surface area is 133 Å². The van der Waals surface area contributed by atoms with Crippen molar-refractivity contribution >= 4 is 31.6 Å². The highest BCUT2D eigenvalue weighted by molar-refractivity contribution is 9.10. The first-order valence-corrected chi connectivity index (χ1v) is 8.57. The van der Waals surface area contributed by atoms with Crippen LogP contribution in [0, 0.1) is 6.92 Å². The number of halogens is 1. The molecule has 0 saturated heterocycles. The van der Waals surface area contributed by atoms with Gasteiger partial charge in [0.05, 0.1) is 4.90 Å². The van der Waals surface area contributed by atoms with Gasteiger partial charge in [-0.25, -0.2) is 13.1 Å². The van der Waals surface area contributed by atoms with Crippen molar-refractivity contribution in [1.29, 1.82) is 0 Å². The molecule has 1 heterocycles. The lowest BCUT2D eigenvalue weighted by atomic mass is 10.2. The Hall–Kier alpha value is -1.44. The van der Waals surface area contributed by atoms with Gasteiger partial charge in [0.1, 0.15) is 0 Å². The van der Waals surface area contributed by atoms with E-state index in [1.54, 1.807) is 31.5 Å². The molecule has 7 heteroatoms. The number of sulfonamides is 1. The molecule has 0 radical (unpaired) electrons. The van der Waals surface area contributed by atoms with Gasteiger partial charge >= 0.3 is 0 Å². The number of nitrogens with zero attached hydrogens (tertiary/aromatic N) is 1. The van der Waals surface area contributed by atoms with Gasteiger partial charge in [0, 0.05) is 29.1 Å². The Morgan fingerprint density at radius 3 is 2.67 bits per heavy atom. The molecule has 112 valence electrons. The minimum absolute atomic E-state index is 0.280. The van der Waals surface area contributed by atoms with Crippen LogP contribution in [-0.4, -0.2) is 20.4 Å². The molecular formula is C14H16BrN3O2S. The van der Waals surface area contributed by atoms with Crippen molar-refractivity contribution in [3.8, 4) is 0 Å². The number of pyridine rings is 1. The van der Waals surface area contributed by atoms with Crippen molar-refractivity contribution in [2.24, 2.45) is 0 Å². The first-order chi connectivity index (χ1) is 9.92. The van der Waals surface area contributed by atoms with Crippen LogP contribution in [-0.2, 0) is 16.6 Å². The first-order valence-electron chi connectivity index (χ1n) is 6.30. The second-order valence-corrected chi connectivity index (χ2v) is 7.32. The lowest BCUT2D eigenvalue weighted by molar-refractivity contribution is 0.587. The number of hydrogen-bond donors (Lipinski definition) is 2. The molecular weight excluding hydrogens is 354 g/mol. The Morgan fingerprint density at radius 1 is 1.24 bits per heavy atom. The molecule has 0 atom stereocenters. The summed E-state index contributed by atoms with van der Waals surface area (Å²) in [6, 6.07) is 7.23. The maximum atomic E-state index is 11.9. The maximum absolute atomic E-state index is 11.9. The maximum Gasteiger partial charge on any atom is 0.240 e. The fourth-order valence-corrected chi connectivity index (χ4v) is 3.27. The van der Waals surface area contributed by atoms with E-state index in [-0.39, 0.29) is 4.90 Å². The molecule has 21 heavy (non-hydrogen) atoms. The van der Waals surface area contributed by atoms with Gasteiger partial charge in [-0.3, -0.25) is 4.98 Å². The van der Waals surface area contributed by atoms with E-state index in [1.165, 1.54) is 7.05 Å². The number of hydrogen-bond acceptors (Lipinski definition) is 4. The van der Waals surface area contributed by atoms with Gasteiger partial charge in [0.25, 0.3) is 0 Å². The average molecular weight is 370 g/mol. The predicted molar refractivity (Wildman–Crippen MR) is 86.7 cm³/mol. The molecule has 0 aliphatic carbocycles. The van der Waals surface area contributed by atoms with Crippen molar-refractivity contribution in [3.05, 3.63) is 52.3 Å². The minimum Gasteiger partial charge on any atom is -0.381 e. The highest BCUT2D eigenvalue weighted by atomic mass is 79.9. The van der Waals surface area contributed by atoms with Crippen LogP contribution < -0.4 is 10.0 Å². The summed E-state index contributed by atoms with van der Waals surface area (Å²) in [5.74, 6) is 0. The van der Waals surface area contributed by atoms with Crippen LogP contribution in [0.1, 0.15) is 11.1 Å². The van der Waals surface area contributed by atoms with Gasteiger partial charge in [-0.15, -0.1) is 0 Å². The summed E-state index contributed by atoms with van der Waals surface area (Å²) in [5, 5.41) is 3.20. The highest BCUT2D eigenvalue weighted by Crippen LogP contribution is 2.20. The van der Waals surface area contributed by atoms with E-state index in [2.05, 4.69) is 31.0 Å². The number of anilines is 1. The highest BCUT2D eigenvalue weighted by Gasteiger charge is 2.14. The fraction of sp³-hybridized carbons (Fsp3) is 0.214. The topological polar surface area (TPSA) is 71.1 Å². The molecule has 0 bridgehead atoms. The van der Waals surface area contributed by atoms with Gasteiger partial charge in [-0.2, -0.15) is 0 Å². The summed E-state index contributed by atoms with van der Waals surface area (Å²) in [5.41, 5.74) is 2.45. The summed E-state index contributed by atoms with van der Waals surface area (Å²) >= 11 is 3.37. The quantitative estimate of drug-likeness (QED) is 0.849. The largest absolute Gasteiger partial charge is 0.381 e. The number of aromatic nitrogens is 1. The zero-order valence-corrected chi connectivity index (χ0v) is 14.1. The summed E-state index contributed by atoms with van der Waals surface area (Å²) in [7, 11) is -2.05. The van der Waals surface area contributed by atoms with Crippen LogP contribution in [0.5, 0.6) is 0 Å². The van der Waals surface area contributed by atoms with Gasteiger partial charge < -0.3 is 5.32 Å². The molecule has 0 unspecified atom stereocenters. The van der Waals surface area contributed by atoms with Crippen molar-refractivity contribution in [2.45, 2.75) is 18.4 Å². The van der Waals surface area contributed by atoms with Crippen molar-refractivity contribution < 1.29 is 8.42 Å². The van der Waals surface area contributed by atoms with Crippen LogP contribution in [0.15, 0.2) is 46.0 Å². The standard InChI is InChI=1S/C14H16BrN3O2S/c1-10-3-4-13(6-14(10)21(19,20)16-2)18-8-11-5-12(15)9-17-7-11/h3-7,9,16,18H,8H2,1-2H3. The Kier molecular flexibility index (Phi) is 4.97. The number of rotatable bonds is 5. The number of aryl methyl sites for hydroxylation is 1. The fourth-order valence-electron chi connectivity index (χ4n) is 1.87. The zero-order valence-electron chi connectivity index (χ0n) is 11.7. The van der Waals surface area contributed by atoms with Gasteiger partial charge in [0.2, 0.25) is 10.0 Å². The first kappa shape index (κ1) is 15.9. The molecule has 0 aliphatic heterocycles. The number of benzene rings is 1. The van der Waals surface area contributed by atoms with Gasteiger partial charge in [-0.05, 0) is 59.2 Å². The summed E-state index contributed by atoms with van der Waals surface area (Å²) in [6.07, 6.45) is 3.48. The van der Waals surface area contributed by atoms with E-state index in [9.17, 15) is 8.42 Å². The molecule has 2 aromatic rings. The zero-order chi connectivity index (χ0) is 15.5. The van der Waals surface area contributed by atoms with E-state index in [4.69, 9.17) is 0 Å². The SMILES string of the molecule is CNS(=O)(=O)c1cc(NCc2cncc(Br)c2)ccc1C. The summed E-state index contributed by atoms with van der Waals surface area (Å²) in [6.45, 7) is 2.33. The summed E-state index contributed by atoms with van der Waals surface area (Å²) < 4.78 is 27.1. The van der Waals surface area contributed by atoms with E-state index in [0.717, 1.165) is 15.7 Å². The predicted octanol–water partition coefficient (Wildman–Crippen LogP) is 2.67. The minimum atomic E-state index is -3.45. The smallest absolute Gasteiger partial charge is 0.240 e. The lowest BCUT2D eigenvalue weighted by Gasteiger charge is -2.11. The van der Waals surface area contributed by atoms with Crippen molar-refractivity contribution in [2.75, 3.05) is 12.4 Å². The second kappa shape index (κ2) is 6.55. The molecule has 1 aromatic heterocycles. The Balaban J connectivity index is 2.20.